The molecule has 5 aliphatic rings. The zero-order valence-corrected chi connectivity index (χ0v) is 17.5. The highest BCUT2D eigenvalue weighted by molar-refractivity contribution is 6.22. The van der Waals surface area contributed by atoms with Crippen LogP contribution in [-0.4, -0.2) is 17.7 Å². The lowest BCUT2D eigenvalue weighted by molar-refractivity contribution is -0.124. The Balaban J connectivity index is 1.22. The molecule has 1 heterocycles. The summed E-state index contributed by atoms with van der Waals surface area (Å²) in [6.45, 7) is 4.04. The molecule has 3 fully saturated rings. The van der Waals surface area contributed by atoms with E-state index in [1.165, 1.54) is 10.5 Å². The maximum Gasteiger partial charge on any atom is 0.255 e. The van der Waals surface area contributed by atoms with Crippen molar-refractivity contribution in [2.75, 3.05) is 10.2 Å². The first kappa shape index (κ1) is 18.6. The van der Waals surface area contributed by atoms with Crippen molar-refractivity contribution < 1.29 is 14.4 Å². The number of carbonyl (C=O) groups is 3. The number of hydrogen-bond donors (Lipinski definition) is 1. The van der Waals surface area contributed by atoms with Gasteiger partial charge in [-0.3, -0.25) is 19.3 Å². The zero-order valence-electron chi connectivity index (χ0n) is 17.5. The van der Waals surface area contributed by atoms with E-state index in [2.05, 4.69) is 17.5 Å². The number of anilines is 2. The van der Waals surface area contributed by atoms with Gasteiger partial charge in [0, 0.05) is 11.3 Å². The van der Waals surface area contributed by atoms with Gasteiger partial charge in [-0.05, 0) is 91.5 Å². The minimum absolute atomic E-state index is 0.0768. The lowest BCUT2D eigenvalue weighted by Crippen LogP contribution is -2.40. The van der Waals surface area contributed by atoms with Crippen LogP contribution in [0.5, 0.6) is 0 Å². The number of hydrogen-bond acceptors (Lipinski definition) is 3. The van der Waals surface area contributed by atoms with Crippen LogP contribution in [-0.2, 0) is 9.59 Å². The lowest BCUT2D eigenvalue weighted by atomic mass is 9.63. The van der Waals surface area contributed by atoms with Crippen molar-refractivity contribution in [3.63, 3.8) is 0 Å². The Morgan fingerprint density at radius 3 is 2.06 bits per heavy atom. The molecule has 2 saturated carbocycles. The Kier molecular flexibility index (Phi) is 3.83. The number of nitrogens with zero attached hydrogens (tertiary/aromatic N) is 1. The summed E-state index contributed by atoms with van der Waals surface area (Å²) in [5, 5.41) is 2.91. The largest absolute Gasteiger partial charge is 0.322 e. The molecule has 2 aromatic carbocycles. The molecule has 4 aliphatic carbocycles. The van der Waals surface area contributed by atoms with Crippen molar-refractivity contribution in [3.8, 4) is 0 Å². The fraction of sp³-hybridized carbons (Fsp3) is 0.346. The molecule has 2 aromatic rings. The van der Waals surface area contributed by atoms with E-state index in [4.69, 9.17) is 0 Å². The van der Waals surface area contributed by atoms with Gasteiger partial charge in [-0.25, -0.2) is 0 Å². The van der Waals surface area contributed by atoms with Crippen LogP contribution in [0.3, 0.4) is 0 Å². The number of imide groups is 1. The van der Waals surface area contributed by atoms with E-state index in [9.17, 15) is 14.4 Å². The number of aryl methyl sites for hydroxylation is 2. The minimum Gasteiger partial charge on any atom is -0.322 e. The van der Waals surface area contributed by atoms with Crippen LogP contribution in [0, 0.1) is 49.4 Å². The lowest BCUT2D eigenvalue weighted by Gasteiger charge is -2.37. The predicted molar refractivity (Wildman–Crippen MR) is 118 cm³/mol. The number of nitrogens with one attached hydrogen (secondary N) is 1. The summed E-state index contributed by atoms with van der Waals surface area (Å²) in [7, 11) is 0. The number of carbonyl (C=O) groups excluding carboxylic acids is 3. The zero-order chi connectivity index (χ0) is 21.4. The van der Waals surface area contributed by atoms with Gasteiger partial charge >= 0.3 is 0 Å². The summed E-state index contributed by atoms with van der Waals surface area (Å²) in [6.07, 6.45) is 5.50. The number of allylic oxidation sites excluding steroid dienone is 2. The van der Waals surface area contributed by atoms with Gasteiger partial charge in [0.2, 0.25) is 11.8 Å². The molecule has 0 radical (unpaired) electrons. The highest BCUT2D eigenvalue weighted by atomic mass is 16.2. The average Bonchev–Trinajstić information content (AvgIpc) is 3.54. The quantitative estimate of drug-likeness (QED) is 0.609. The van der Waals surface area contributed by atoms with Crippen LogP contribution in [0.15, 0.2) is 54.6 Å². The van der Waals surface area contributed by atoms with Crippen LogP contribution in [0.1, 0.15) is 27.9 Å². The molecule has 1 N–H and O–H groups in total. The van der Waals surface area contributed by atoms with Crippen LogP contribution in [0.2, 0.25) is 0 Å². The van der Waals surface area contributed by atoms with Gasteiger partial charge in [0.15, 0.2) is 0 Å². The van der Waals surface area contributed by atoms with E-state index in [-0.39, 0.29) is 41.4 Å². The third-order valence-corrected chi connectivity index (χ3v) is 7.82. The molecule has 0 spiro atoms. The molecule has 1 saturated heterocycles. The molecule has 5 nitrogen and oxygen atoms in total. The molecule has 0 unspecified atom stereocenters. The molecule has 0 aromatic heterocycles. The summed E-state index contributed by atoms with van der Waals surface area (Å²) in [6, 6.07) is 12.6. The normalized spacial score (nSPS) is 32.1. The molecule has 31 heavy (non-hydrogen) atoms. The molecule has 2 bridgehead atoms. The van der Waals surface area contributed by atoms with Gasteiger partial charge in [0.1, 0.15) is 0 Å². The molecule has 6 atom stereocenters. The fourth-order valence-corrected chi connectivity index (χ4v) is 6.00. The number of amides is 3. The Bertz CT molecular complexity index is 1130. The van der Waals surface area contributed by atoms with E-state index >= 15 is 0 Å². The second kappa shape index (κ2) is 6.39. The summed E-state index contributed by atoms with van der Waals surface area (Å²) in [5.41, 5.74) is 4.07. The van der Waals surface area contributed by atoms with E-state index in [1.54, 1.807) is 24.3 Å². The first-order valence-corrected chi connectivity index (χ1v) is 11.0. The number of benzene rings is 2. The summed E-state index contributed by atoms with van der Waals surface area (Å²) in [4.78, 5) is 40.4. The Hall–Kier alpha value is -3.21. The molecular weight excluding hydrogens is 388 g/mol. The van der Waals surface area contributed by atoms with Crippen molar-refractivity contribution >= 4 is 29.1 Å². The van der Waals surface area contributed by atoms with E-state index in [0.29, 0.717) is 23.1 Å². The summed E-state index contributed by atoms with van der Waals surface area (Å²) in [5.74, 6) is 0.810. The highest BCUT2D eigenvalue weighted by Gasteiger charge is 2.67. The summed E-state index contributed by atoms with van der Waals surface area (Å²) < 4.78 is 0. The molecule has 1 aliphatic heterocycles. The van der Waals surface area contributed by atoms with Gasteiger partial charge in [0.25, 0.3) is 5.91 Å². The fourth-order valence-electron chi connectivity index (χ4n) is 6.00. The second-order valence-corrected chi connectivity index (χ2v) is 9.47. The van der Waals surface area contributed by atoms with Crippen molar-refractivity contribution in [2.24, 2.45) is 35.5 Å². The van der Waals surface area contributed by atoms with Crippen molar-refractivity contribution in [1.82, 2.24) is 0 Å². The first-order valence-electron chi connectivity index (χ1n) is 11.0. The van der Waals surface area contributed by atoms with Crippen LogP contribution in [0.25, 0.3) is 0 Å². The highest BCUT2D eigenvalue weighted by Crippen LogP contribution is 2.65. The van der Waals surface area contributed by atoms with Crippen LogP contribution < -0.4 is 10.2 Å². The van der Waals surface area contributed by atoms with Crippen molar-refractivity contribution in [3.05, 3.63) is 71.3 Å². The van der Waals surface area contributed by atoms with E-state index in [0.717, 1.165) is 17.7 Å². The van der Waals surface area contributed by atoms with Gasteiger partial charge in [0.05, 0.1) is 17.5 Å². The molecule has 156 valence electrons. The van der Waals surface area contributed by atoms with Crippen LogP contribution in [0.4, 0.5) is 11.4 Å². The molecule has 7 rings (SSSR count). The molecule has 5 heteroatoms. The van der Waals surface area contributed by atoms with Gasteiger partial charge in [-0.15, -0.1) is 0 Å². The second-order valence-electron chi connectivity index (χ2n) is 9.47. The standard InChI is InChI=1S/C26H24N2O3/c1-13-3-6-16(11-14(13)2)27-24(29)15-4-7-17(8-5-15)28-25(30)22-18-9-10-19(21-12-20(18)21)23(22)26(28)31/h3-11,18-23H,12H2,1-2H3,(H,27,29)/t18-,19-,20-,21+,22-,23+/m0/s1. The average molecular weight is 412 g/mol. The van der Waals surface area contributed by atoms with Crippen molar-refractivity contribution in [2.45, 2.75) is 20.3 Å². The third-order valence-electron chi connectivity index (χ3n) is 7.82. The monoisotopic (exact) mass is 412 g/mol. The SMILES string of the molecule is Cc1ccc(NC(=O)c2ccc(N3C(=O)[C@@H]4[C@H]5C=C[C@@H]([C@@H]6C[C@H]56)[C@@H]4C3=O)cc2)cc1C. The van der Waals surface area contributed by atoms with E-state index in [1.807, 2.05) is 32.0 Å². The van der Waals surface area contributed by atoms with Gasteiger partial charge in [-0.1, -0.05) is 18.2 Å². The van der Waals surface area contributed by atoms with Crippen molar-refractivity contribution in [1.29, 1.82) is 0 Å². The molecular formula is C26H24N2O3. The number of rotatable bonds is 3. The Morgan fingerprint density at radius 2 is 1.48 bits per heavy atom. The van der Waals surface area contributed by atoms with Gasteiger partial charge in [-0.2, -0.15) is 0 Å². The Morgan fingerprint density at radius 1 is 0.871 bits per heavy atom. The topological polar surface area (TPSA) is 66.5 Å². The smallest absolute Gasteiger partial charge is 0.255 e. The molecule has 3 amide bonds. The maximum absolute atomic E-state index is 13.2. The van der Waals surface area contributed by atoms with E-state index < -0.39 is 0 Å². The Labute approximate surface area is 181 Å². The van der Waals surface area contributed by atoms with Gasteiger partial charge < -0.3 is 5.32 Å². The third kappa shape index (κ3) is 2.65. The summed E-state index contributed by atoms with van der Waals surface area (Å²) >= 11 is 0. The maximum atomic E-state index is 13.2. The predicted octanol–water partition coefficient (Wildman–Crippen LogP) is 4.11. The first-order chi connectivity index (χ1) is 14.9. The van der Waals surface area contributed by atoms with Crippen LogP contribution >= 0.6 is 0 Å². The minimum atomic E-state index is -0.218.